The molecule has 0 fully saturated rings. The van der Waals surface area contributed by atoms with Crippen LogP contribution in [0.2, 0.25) is 0 Å². The maximum Gasteiger partial charge on any atom is 0.126 e. The lowest BCUT2D eigenvalue weighted by molar-refractivity contribution is 0.412. The highest BCUT2D eigenvalue weighted by Gasteiger charge is 2.12. The van der Waals surface area contributed by atoms with Crippen molar-refractivity contribution in [1.29, 1.82) is 0 Å². The second-order valence-corrected chi connectivity index (χ2v) is 6.22. The second-order valence-electron chi connectivity index (χ2n) is 6.22. The Labute approximate surface area is 154 Å². The molecule has 132 valence electrons. The molecule has 0 saturated heterocycles. The van der Waals surface area contributed by atoms with Gasteiger partial charge in [-0.1, -0.05) is 60.7 Å². The fraction of sp³-hybridized carbons (Fsp3) is 0.174. The number of ether oxygens (including phenoxy) is 1. The predicted molar refractivity (Wildman–Crippen MR) is 105 cm³/mol. The molecule has 0 amide bonds. The highest BCUT2D eigenvalue weighted by atomic mass is 19.1. The Morgan fingerprint density at radius 2 is 1.50 bits per heavy atom. The van der Waals surface area contributed by atoms with Crippen LogP contribution < -0.4 is 4.74 Å². The number of hydrogen-bond acceptors (Lipinski definition) is 2. The number of nitrogens with zero attached hydrogens (tertiary/aromatic N) is 1. The van der Waals surface area contributed by atoms with Gasteiger partial charge < -0.3 is 4.74 Å². The Kier molecular flexibility index (Phi) is 5.80. The summed E-state index contributed by atoms with van der Waals surface area (Å²) < 4.78 is 19.4. The summed E-state index contributed by atoms with van der Waals surface area (Å²) in [6, 6.07) is 24.9. The third-order valence-corrected chi connectivity index (χ3v) is 4.21. The molecule has 0 heterocycles. The van der Waals surface area contributed by atoms with Gasteiger partial charge >= 0.3 is 0 Å². The highest BCUT2D eigenvalue weighted by molar-refractivity contribution is 6.12. The zero-order chi connectivity index (χ0) is 18.4. The van der Waals surface area contributed by atoms with Crippen LogP contribution in [-0.4, -0.2) is 18.9 Å². The van der Waals surface area contributed by atoms with E-state index in [4.69, 9.17) is 9.73 Å². The normalized spacial score (nSPS) is 11.7. The van der Waals surface area contributed by atoms with Crippen LogP contribution in [0.1, 0.15) is 23.6 Å². The Bertz CT molecular complexity index is 834. The lowest BCUT2D eigenvalue weighted by atomic mass is 10.0. The van der Waals surface area contributed by atoms with E-state index >= 15 is 0 Å². The van der Waals surface area contributed by atoms with Gasteiger partial charge in [0.25, 0.3) is 0 Å². The summed E-state index contributed by atoms with van der Waals surface area (Å²) in [7, 11) is 1.58. The number of halogens is 1. The zero-order valence-corrected chi connectivity index (χ0v) is 15.0. The summed E-state index contributed by atoms with van der Waals surface area (Å²) in [5, 5.41) is 0. The smallest absolute Gasteiger partial charge is 0.126 e. The molecule has 0 aliphatic heterocycles. The lowest BCUT2D eigenvalue weighted by Gasteiger charge is -2.13. The van der Waals surface area contributed by atoms with Gasteiger partial charge in [0.15, 0.2) is 0 Å². The fourth-order valence-corrected chi connectivity index (χ4v) is 2.93. The fourth-order valence-electron chi connectivity index (χ4n) is 2.93. The van der Waals surface area contributed by atoms with E-state index in [-0.39, 0.29) is 11.9 Å². The topological polar surface area (TPSA) is 21.6 Å². The van der Waals surface area contributed by atoms with Gasteiger partial charge in [-0.05, 0) is 37.1 Å². The van der Waals surface area contributed by atoms with Crippen LogP contribution in [0.3, 0.4) is 0 Å². The molecule has 0 radical (unpaired) electrons. The van der Waals surface area contributed by atoms with Crippen LogP contribution in [-0.2, 0) is 6.42 Å². The highest BCUT2D eigenvalue weighted by Crippen LogP contribution is 2.20. The molecule has 0 N–H and O–H groups in total. The van der Waals surface area contributed by atoms with Crippen LogP contribution in [0.5, 0.6) is 5.75 Å². The van der Waals surface area contributed by atoms with Gasteiger partial charge in [-0.3, -0.25) is 4.99 Å². The van der Waals surface area contributed by atoms with Gasteiger partial charge in [-0.25, -0.2) is 4.39 Å². The number of methoxy groups -OCH3 is 1. The SMILES string of the molecule is COc1ccc(F)c(CC(C)N=C(c2ccccc2)c2ccccc2)c1. The molecule has 2 nitrogen and oxygen atoms in total. The quantitative estimate of drug-likeness (QED) is 0.554. The Balaban J connectivity index is 1.93. The summed E-state index contributed by atoms with van der Waals surface area (Å²) in [5.74, 6) is 0.428. The summed E-state index contributed by atoms with van der Waals surface area (Å²) in [6.07, 6.45) is 0.506. The average Bonchev–Trinajstić information content (AvgIpc) is 2.69. The van der Waals surface area contributed by atoms with E-state index < -0.39 is 0 Å². The molecule has 1 unspecified atom stereocenters. The van der Waals surface area contributed by atoms with Crippen LogP contribution >= 0.6 is 0 Å². The van der Waals surface area contributed by atoms with Gasteiger partial charge in [0.05, 0.1) is 18.9 Å². The van der Waals surface area contributed by atoms with Crippen LogP contribution in [0.4, 0.5) is 4.39 Å². The van der Waals surface area contributed by atoms with E-state index in [2.05, 4.69) is 0 Å². The van der Waals surface area contributed by atoms with Crippen molar-refractivity contribution in [2.75, 3.05) is 7.11 Å². The second kappa shape index (κ2) is 8.43. The molecule has 3 aromatic carbocycles. The number of rotatable bonds is 6. The molecule has 26 heavy (non-hydrogen) atoms. The van der Waals surface area contributed by atoms with Crippen molar-refractivity contribution in [3.8, 4) is 5.75 Å². The van der Waals surface area contributed by atoms with E-state index in [1.165, 1.54) is 6.07 Å². The maximum atomic E-state index is 14.1. The molecule has 0 spiro atoms. The van der Waals surface area contributed by atoms with Crippen molar-refractivity contribution in [1.82, 2.24) is 0 Å². The van der Waals surface area contributed by atoms with E-state index in [1.807, 2.05) is 67.6 Å². The molecular formula is C23H22FNO. The van der Waals surface area contributed by atoms with Gasteiger partial charge in [-0.15, -0.1) is 0 Å². The van der Waals surface area contributed by atoms with Crippen molar-refractivity contribution in [2.45, 2.75) is 19.4 Å². The molecule has 0 saturated carbocycles. The third kappa shape index (κ3) is 4.37. The van der Waals surface area contributed by atoms with Crippen molar-refractivity contribution >= 4 is 5.71 Å². The molecular weight excluding hydrogens is 325 g/mol. The Morgan fingerprint density at radius 3 is 2.04 bits per heavy atom. The van der Waals surface area contributed by atoms with Crippen molar-refractivity contribution < 1.29 is 9.13 Å². The largest absolute Gasteiger partial charge is 0.497 e. The van der Waals surface area contributed by atoms with Crippen molar-refractivity contribution in [2.24, 2.45) is 4.99 Å². The molecule has 1 atom stereocenters. The molecule has 0 aliphatic carbocycles. The van der Waals surface area contributed by atoms with E-state index in [9.17, 15) is 4.39 Å². The average molecular weight is 347 g/mol. The van der Waals surface area contributed by atoms with Crippen LogP contribution in [0.15, 0.2) is 83.9 Å². The van der Waals surface area contributed by atoms with Gasteiger partial charge in [0, 0.05) is 11.1 Å². The first-order valence-corrected chi connectivity index (χ1v) is 8.68. The minimum absolute atomic E-state index is 0.0768. The Hall–Kier alpha value is -2.94. The van der Waals surface area contributed by atoms with E-state index in [1.54, 1.807) is 19.2 Å². The summed E-state index contributed by atoms with van der Waals surface area (Å²) in [6.45, 7) is 2.00. The molecule has 0 bridgehead atoms. The standard InChI is InChI=1S/C23H22FNO/c1-17(15-20-16-21(26-2)13-14-22(20)24)25-23(18-9-5-3-6-10-18)19-11-7-4-8-12-19/h3-14,16-17H,15H2,1-2H3. The number of aliphatic imine (C=N–C) groups is 1. The zero-order valence-electron chi connectivity index (χ0n) is 15.0. The molecule has 0 aromatic heterocycles. The third-order valence-electron chi connectivity index (χ3n) is 4.21. The summed E-state index contributed by atoms with van der Waals surface area (Å²) in [4.78, 5) is 4.92. The maximum absolute atomic E-state index is 14.1. The monoisotopic (exact) mass is 347 g/mol. The minimum atomic E-state index is -0.228. The molecule has 3 heteroatoms. The number of benzene rings is 3. The summed E-state index contributed by atoms with van der Waals surface area (Å²) >= 11 is 0. The first kappa shape index (κ1) is 17.9. The van der Waals surface area contributed by atoms with Crippen LogP contribution in [0.25, 0.3) is 0 Å². The summed E-state index contributed by atoms with van der Waals surface area (Å²) in [5.41, 5.74) is 3.64. The first-order valence-electron chi connectivity index (χ1n) is 8.68. The predicted octanol–water partition coefficient (Wildman–Crippen LogP) is 5.30. The Morgan fingerprint density at radius 1 is 0.923 bits per heavy atom. The van der Waals surface area contributed by atoms with Crippen molar-refractivity contribution in [3.63, 3.8) is 0 Å². The van der Waals surface area contributed by atoms with Gasteiger partial charge in [0.2, 0.25) is 0 Å². The molecule has 3 aromatic rings. The van der Waals surface area contributed by atoms with Crippen molar-refractivity contribution in [3.05, 3.63) is 101 Å². The number of hydrogen-bond donors (Lipinski definition) is 0. The van der Waals surface area contributed by atoms with Crippen LogP contribution in [0, 0.1) is 5.82 Å². The minimum Gasteiger partial charge on any atom is -0.497 e. The van der Waals surface area contributed by atoms with Gasteiger partial charge in [0.1, 0.15) is 11.6 Å². The lowest BCUT2D eigenvalue weighted by Crippen LogP contribution is -2.12. The van der Waals surface area contributed by atoms with E-state index in [0.717, 1.165) is 16.8 Å². The molecule has 0 aliphatic rings. The molecule has 3 rings (SSSR count). The van der Waals surface area contributed by atoms with E-state index in [0.29, 0.717) is 17.7 Å². The van der Waals surface area contributed by atoms with Gasteiger partial charge in [-0.2, -0.15) is 0 Å². The first-order chi connectivity index (χ1) is 12.7.